The maximum Gasteiger partial charge on any atom is 0.158 e. The third-order valence-corrected chi connectivity index (χ3v) is 6.17. The standard InChI is InChI=1S/C21H14Cl2N4OS/c1-27-19(23)10-15-20(27)21(25-11-24-15)26-12-5-6-17(14(22)9-12)28-16-3-2-4-18-13(16)7-8-29-18/h2-11H,1H3,(H,24,25,26). The van der Waals surface area contributed by atoms with E-state index in [9.17, 15) is 0 Å². The Labute approximate surface area is 180 Å². The van der Waals surface area contributed by atoms with Crippen molar-refractivity contribution in [2.45, 2.75) is 0 Å². The van der Waals surface area contributed by atoms with Gasteiger partial charge in [-0.05, 0) is 41.8 Å². The summed E-state index contributed by atoms with van der Waals surface area (Å²) in [6, 6.07) is 15.4. The van der Waals surface area contributed by atoms with E-state index in [-0.39, 0.29) is 0 Å². The number of thiophene rings is 1. The lowest BCUT2D eigenvalue weighted by Gasteiger charge is -2.12. The van der Waals surface area contributed by atoms with Gasteiger partial charge in [-0.1, -0.05) is 29.3 Å². The van der Waals surface area contributed by atoms with Gasteiger partial charge in [0.2, 0.25) is 0 Å². The number of nitrogens with zero attached hydrogens (tertiary/aromatic N) is 3. The quantitative estimate of drug-likeness (QED) is 0.325. The Hall–Kier alpha value is -2.80. The minimum atomic E-state index is 0.498. The second-order valence-electron chi connectivity index (χ2n) is 6.44. The molecule has 0 bridgehead atoms. The van der Waals surface area contributed by atoms with Crippen molar-refractivity contribution >= 4 is 67.2 Å². The molecule has 144 valence electrons. The van der Waals surface area contributed by atoms with Crippen molar-refractivity contribution in [3.8, 4) is 11.5 Å². The summed E-state index contributed by atoms with van der Waals surface area (Å²) in [6.07, 6.45) is 1.50. The third kappa shape index (κ3) is 3.29. The molecule has 0 aliphatic heterocycles. The number of nitrogens with one attached hydrogen (secondary N) is 1. The highest BCUT2D eigenvalue weighted by molar-refractivity contribution is 7.17. The van der Waals surface area contributed by atoms with Crippen molar-refractivity contribution in [2.24, 2.45) is 7.05 Å². The Morgan fingerprint density at radius 2 is 1.93 bits per heavy atom. The minimum Gasteiger partial charge on any atom is -0.455 e. The summed E-state index contributed by atoms with van der Waals surface area (Å²) in [4.78, 5) is 8.61. The van der Waals surface area contributed by atoms with Gasteiger partial charge in [-0.2, -0.15) is 0 Å². The molecule has 3 heterocycles. The minimum absolute atomic E-state index is 0.498. The predicted molar refractivity (Wildman–Crippen MR) is 120 cm³/mol. The molecule has 3 aromatic heterocycles. The van der Waals surface area contributed by atoms with Crippen LogP contribution in [0.2, 0.25) is 10.2 Å². The highest BCUT2D eigenvalue weighted by Gasteiger charge is 2.13. The van der Waals surface area contributed by atoms with Crippen molar-refractivity contribution in [3.05, 3.63) is 70.4 Å². The van der Waals surface area contributed by atoms with Crippen LogP contribution in [0.15, 0.2) is 60.2 Å². The second kappa shape index (κ2) is 7.22. The molecule has 0 aliphatic carbocycles. The first-order valence-corrected chi connectivity index (χ1v) is 10.4. The van der Waals surface area contributed by atoms with E-state index in [1.165, 1.54) is 11.0 Å². The van der Waals surface area contributed by atoms with Gasteiger partial charge >= 0.3 is 0 Å². The van der Waals surface area contributed by atoms with Crippen LogP contribution in [0.1, 0.15) is 0 Å². The first-order valence-electron chi connectivity index (χ1n) is 8.77. The molecule has 2 aromatic carbocycles. The number of hydrogen-bond acceptors (Lipinski definition) is 5. The molecule has 29 heavy (non-hydrogen) atoms. The van der Waals surface area contributed by atoms with Gasteiger partial charge in [-0.25, -0.2) is 9.97 Å². The topological polar surface area (TPSA) is 52.0 Å². The Morgan fingerprint density at radius 1 is 1.03 bits per heavy atom. The third-order valence-electron chi connectivity index (χ3n) is 4.63. The van der Waals surface area contributed by atoms with E-state index in [4.69, 9.17) is 27.9 Å². The molecule has 1 N–H and O–H groups in total. The second-order valence-corrected chi connectivity index (χ2v) is 8.19. The lowest BCUT2D eigenvalue weighted by atomic mass is 10.2. The number of aromatic nitrogens is 3. The van der Waals surface area contributed by atoms with Crippen molar-refractivity contribution < 1.29 is 4.74 Å². The molecule has 0 saturated heterocycles. The SMILES string of the molecule is Cn1c(Cl)cc2ncnc(Nc3ccc(Oc4cccc5sccc45)c(Cl)c3)c21. The fraction of sp³-hybridized carbons (Fsp3) is 0.0476. The normalized spacial score (nSPS) is 11.3. The molecular formula is C21H14Cl2N4OS. The summed E-state index contributed by atoms with van der Waals surface area (Å²) in [6.45, 7) is 0. The molecule has 5 rings (SSSR count). The Kier molecular flexibility index (Phi) is 4.54. The van der Waals surface area contributed by atoms with Crippen molar-refractivity contribution in [1.82, 2.24) is 14.5 Å². The highest BCUT2D eigenvalue weighted by Crippen LogP contribution is 2.37. The lowest BCUT2D eigenvalue weighted by molar-refractivity contribution is 0.489. The zero-order valence-corrected chi connectivity index (χ0v) is 17.5. The largest absolute Gasteiger partial charge is 0.455 e. The van der Waals surface area contributed by atoms with Crippen molar-refractivity contribution in [2.75, 3.05) is 5.32 Å². The van der Waals surface area contributed by atoms with Crippen molar-refractivity contribution in [3.63, 3.8) is 0 Å². The van der Waals surface area contributed by atoms with Gasteiger partial charge in [0.25, 0.3) is 0 Å². The Balaban J connectivity index is 1.45. The van der Waals surface area contributed by atoms with Gasteiger partial charge in [0, 0.05) is 28.9 Å². The predicted octanol–water partition coefficient (Wildman–Crippen LogP) is 7.03. The monoisotopic (exact) mass is 440 g/mol. The summed E-state index contributed by atoms with van der Waals surface area (Å²) >= 11 is 14.4. The molecule has 0 aliphatic rings. The summed E-state index contributed by atoms with van der Waals surface area (Å²) in [5, 5.41) is 7.49. The van der Waals surface area contributed by atoms with Gasteiger partial charge in [0.15, 0.2) is 5.82 Å². The molecule has 0 radical (unpaired) electrons. The molecular weight excluding hydrogens is 427 g/mol. The van der Waals surface area contributed by atoms with E-state index in [2.05, 4.69) is 21.4 Å². The van der Waals surface area contributed by atoms with Gasteiger partial charge in [-0.3, -0.25) is 0 Å². The summed E-state index contributed by atoms with van der Waals surface area (Å²) in [5.41, 5.74) is 2.37. The molecule has 5 aromatic rings. The molecule has 0 fully saturated rings. The van der Waals surface area contributed by atoms with Crippen LogP contribution >= 0.6 is 34.5 Å². The molecule has 5 nitrogen and oxygen atoms in total. The molecule has 0 spiro atoms. The van der Waals surface area contributed by atoms with Crippen LogP contribution in [0.5, 0.6) is 11.5 Å². The number of rotatable bonds is 4. The number of aryl methyl sites for hydroxylation is 1. The zero-order chi connectivity index (χ0) is 20.0. The fourth-order valence-electron chi connectivity index (χ4n) is 3.21. The molecule has 8 heteroatoms. The van der Waals surface area contributed by atoms with Crippen LogP contribution in [0, 0.1) is 0 Å². The van der Waals surface area contributed by atoms with Gasteiger partial charge in [0.1, 0.15) is 28.5 Å². The number of benzene rings is 2. The van der Waals surface area contributed by atoms with Gasteiger partial charge in [-0.15, -0.1) is 11.3 Å². The van der Waals surface area contributed by atoms with Crippen molar-refractivity contribution in [1.29, 1.82) is 0 Å². The smallest absolute Gasteiger partial charge is 0.158 e. The molecule has 0 amide bonds. The van der Waals surface area contributed by atoms with E-state index in [1.807, 2.05) is 53.4 Å². The Morgan fingerprint density at radius 3 is 2.79 bits per heavy atom. The maximum atomic E-state index is 6.50. The van der Waals surface area contributed by atoms with Crippen LogP contribution < -0.4 is 10.1 Å². The average Bonchev–Trinajstić information content (AvgIpc) is 3.30. The average molecular weight is 441 g/mol. The first-order chi connectivity index (χ1) is 14.1. The summed E-state index contributed by atoms with van der Waals surface area (Å²) in [7, 11) is 1.87. The van der Waals surface area contributed by atoms with Gasteiger partial charge in [0.05, 0.1) is 10.5 Å². The van der Waals surface area contributed by atoms with E-state index in [1.54, 1.807) is 17.4 Å². The Bertz CT molecular complexity index is 1360. The van der Waals surface area contributed by atoms with E-state index in [0.29, 0.717) is 21.7 Å². The first kappa shape index (κ1) is 18.2. The van der Waals surface area contributed by atoms with E-state index in [0.717, 1.165) is 27.9 Å². The molecule has 0 atom stereocenters. The van der Waals surface area contributed by atoms with Crippen LogP contribution in [0.3, 0.4) is 0 Å². The van der Waals surface area contributed by atoms with Crippen LogP contribution in [-0.2, 0) is 7.05 Å². The number of fused-ring (bicyclic) bond motifs is 2. The van der Waals surface area contributed by atoms with E-state index >= 15 is 0 Å². The summed E-state index contributed by atoms with van der Waals surface area (Å²) in [5.74, 6) is 2.02. The zero-order valence-electron chi connectivity index (χ0n) is 15.2. The number of hydrogen-bond donors (Lipinski definition) is 1. The number of halogens is 2. The number of ether oxygens (including phenoxy) is 1. The van der Waals surface area contributed by atoms with E-state index < -0.39 is 0 Å². The highest BCUT2D eigenvalue weighted by atomic mass is 35.5. The maximum absolute atomic E-state index is 6.50. The summed E-state index contributed by atoms with van der Waals surface area (Å²) < 4.78 is 9.08. The lowest BCUT2D eigenvalue weighted by Crippen LogP contribution is -1.99. The fourth-order valence-corrected chi connectivity index (χ4v) is 4.42. The van der Waals surface area contributed by atoms with Crippen LogP contribution in [0.25, 0.3) is 21.1 Å². The van der Waals surface area contributed by atoms with Crippen LogP contribution in [-0.4, -0.2) is 14.5 Å². The van der Waals surface area contributed by atoms with Gasteiger partial charge < -0.3 is 14.6 Å². The molecule has 0 saturated carbocycles. The van der Waals surface area contributed by atoms with Crippen LogP contribution in [0.4, 0.5) is 11.5 Å². The molecule has 0 unspecified atom stereocenters. The number of anilines is 2.